The van der Waals surface area contributed by atoms with E-state index in [2.05, 4.69) is 18.5 Å². The van der Waals surface area contributed by atoms with Crippen LogP contribution in [0.1, 0.15) is 64.2 Å². The molecule has 0 atom stereocenters. The lowest BCUT2D eigenvalue weighted by atomic mass is 10.1. The van der Waals surface area contributed by atoms with E-state index in [1.54, 1.807) is 0 Å². The van der Waals surface area contributed by atoms with Gasteiger partial charge in [0.2, 0.25) is 5.91 Å². The molecule has 0 saturated heterocycles. The lowest BCUT2D eigenvalue weighted by Gasteiger charge is -2.03. The summed E-state index contributed by atoms with van der Waals surface area (Å²) in [6, 6.07) is 0. The van der Waals surface area contributed by atoms with Crippen LogP contribution in [0.25, 0.3) is 0 Å². The van der Waals surface area contributed by atoms with Crippen LogP contribution in [0.3, 0.4) is 0 Å². The second-order valence-electron chi connectivity index (χ2n) is 5.10. The van der Waals surface area contributed by atoms with Gasteiger partial charge in [0.05, 0.1) is 0 Å². The van der Waals surface area contributed by atoms with Crippen molar-refractivity contribution in [3.8, 4) is 0 Å². The Hall–Kier alpha value is -1.38. The quantitative estimate of drug-likeness (QED) is 0.386. The summed E-state index contributed by atoms with van der Waals surface area (Å²) in [5.41, 5.74) is 0. The molecule has 3 nitrogen and oxygen atoms in total. The van der Waals surface area contributed by atoms with Crippen LogP contribution >= 0.6 is 0 Å². The molecule has 0 rings (SSSR count). The summed E-state index contributed by atoms with van der Waals surface area (Å²) in [4.78, 5) is 21.9. The van der Waals surface area contributed by atoms with Gasteiger partial charge in [0.1, 0.15) is 0 Å². The fourth-order valence-electron chi connectivity index (χ4n) is 2.05. The van der Waals surface area contributed by atoms with Gasteiger partial charge in [-0.2, -0.15) is 0 Å². The van der Waals surface area contributed by atoms with Crippen LogP contribution in [-0.2, 0) is 9.59 Å². The van der Waals surface area contributed by atoms with Gasteiger partial charge >= 0.3 is 0 Å². The molecule has 0 aromatic carbocycles. The van der Waals surface area contributed by atoms with Crippen molar-refractivity contribution in [2.24, 2.45) is 0 Å². The summed E-state index contributed by atoms with van der Waals surface area (Å²) < 4.78 is 0. The first kappa shape index (κ1) is 18.6. The molecule has 0 aliphatic carbocycles. The Labute approximate surface area is 123 Å². The van der Waals surface area contributed by atoms with E-state index < -0.39 is 0 Å². The van der Waals surface area contributed by atoms with E-state index >= 15 is 0 Å². The molecule has 0 aliphatic rings. The van der Waals surface area contributed by atoms with Crippen molar-refractivity contribution < 1.29 is 9.59 Å². The number of carbonyl (C=O) groups is 2. The molecule has 0 saturated carbocycles. The van der Waals surface area contributed by atoms with E-state index in [-0.39, 0.29) is 11.7 Å². The molecule has 3 heteroatoms. The van der Waals surface area contributed by atoms with Gasteiger partial charge < -0.3 is 5.32 Å². The fraction of sp³-hybridized carbons (Fsp3) is 0.647. The van der Waals surface area contributed by atoms with Gasteiger partial charge in [0.15, 0.2) is 5.78 Å². The first-order chi connectivity index (χ1) is 9.70. The molecular weight excluding hydrogens is 250 g/mol. The summed E-state index contributed by atoms with van der Waals surface area (Å²) in [6.45, 7) is 7.63. The number of allylic oxidation sites excluding steroid dienone is 1. The Balaban J connectivity index is 3.09. The molecule has 0 aromatic heterocycles. The maximum absolute atomic E-state index is 11.0. The van der Waals surface area contributed by atoms with Crippen molar-refractivity contribution in [2.45, 2.75) is 64.2 Å². The van der Waals surface area contributed by atoms with Gasteiger partial charge in [-0.05, 0) is 25.0 Å². The monoisotopic (exact) mass is 279 g/mol. The number of hydrogen-bond donors (Lipinski definition) is 1. The van der Waals surface area contributed by atoms with E-state index in [1.807, 2.05) is 0 Å². The van der Waals surface area contributed by atoms with Crippen molar-refractivity contribution >= 4 is 11.7 Å². The van der Waals surface area contributed by atoms with Gasteiger partial charge in [-0.15, -0.1) is 0 Å². The Morgan fingerprint density at radius 1 is 0.750 bits per heavy atom. The molecule has 0 unspecified atom stereocenters. The van der Waals surface area contributed by atoms with Crippen LogP contribution in [0.2, 0.25) is 0 Å². The number of amides is 1. The Bertz CT molecular complexity index is 267. The zero-order valence-electron chi connectivity index (χ0n) is 12.7. The Morgan fingerprint density at radius 3 is 1.75 bits per heavy atom. The highest BCUT2D eigenvalue weighted by molar-refractivity contribution is 5.88. The van der Waals surface area contributed by atoms with Crippen molar-refractivity contribution in [1.82, 2.24) is 5.32 Å². The molecule has 0 aliphatic heterocycles. The lowest BCUT2D eigenvalue weighted by molar-refractivity contribution is -0.116. The third-order valence-electron chi connectivity index (χ3n) is 3.31. The van der Waals surface area contributed by atoms with Crippen LogP contribution in [0, 0.1) is 0 Å². The SMILES string of the molecule is C=CC(=O)CCCCCCCCCCCNC(=O)C=C. The van der Waals surface area contributed by atoms with Gasteiger partial charge in [0.25, 0.3) is 0 Å². The van der Waals surface area contributed by atoms with Crippen molar-refractivity contribution in [2.75, 3.05) is 6.54 Å². The molecular formula is C17H29NO2. The number of nitrogens with one attached hydrogen (secondary N) is 1. The van der Waals surface area contributed by atoms with Gasteiger partial charge in [-0.25, -0.2) is 0 Å². The predicted molar refractivity (Wildman–Crippen MR) is 84.6 cm³/mol. The number of ketones is 1. The maximum atomic E-state index is 11.0. The average Bonchev–Trinajstić information content (AvgIpc) is 2.47. The standard InChI is InChI=1S/C17H29NO2/c1-3-16(19)14-12-10-8-6-5-7-9-11-13-15-18-17(20)4-2/h3-4H,1-2,5-15H2,(H,18,20). The topological polar surface area (TPSA) is 46.2 Å². The Morgan fingerprint density at radius 2 is 1.25 bits per heavy atom. The first-order valence-corrected chi connectivity index (χ1v) is 7.76. The summed E-state index contributed by atoms with van der Waals surface area (Å²) in [7, 11) is 0. The maximum Gasteiger partial charge on any atom is 0.243 e. The van der Waals surface area contributed by atoms with Crippen LogP contribution in [-0.4, -0.2) is 18.2 Å². The molecule has 114 valence electrons. The van der Waals surface area contributed by atoms with Crippen LogP contribution < -0.4 is 5.32 Å². The largest absolute Gasteiger partial charge is 0.353 e. The predicted octanol–water partition coefficient (Wildman–Crippen LogP) is 3.94. The zero-order chi connectivity index (χ0) is 15.1. The van der Waals surface area contributed by atoms with Crippen molar-refractivity contribution in [1.29, 1.82) is 0 Å². The normalized spacial score (nSPS) is 10.0. The third-order valence-corrected chi connectivity index (χ3v) is 3.31. The highest BCUT2D eigenvalue weighted by Gasteiger charge is 1.97. The number of hydrogen-bond acceptors (Lipinski definition) is 2. The van der Waals surface area contributed by atoms with E-state index in [0.717, 1.165) is 25.8 Å². The van der Waals surface area contributed by atoms with Crippen molar-refractivity contribution in [3.05, 3.63) is 25.3 Å². The minimum atomic E-state index is -0.0834. The summed E-state index contributed by atoms with van der Waals surface area (Å²) >= 11 is 0. The highest BCUT2D eigenvalue weighted by Crippen LogP contribution is 2.10. The average molecular weight is 279 g/mol. The fourth-order valence-corrected chi connectivity index (χ4v) is 2.05. The number of unbranched alkanes of at least 4 members (excludes halogenated alkanes) is 8. The van der Waals surface area contributed by atoms with Crippen molar-refractivity contribution in [3.63, 3.8) is 0 Å². The van der Waals surface area contributed by atoms with Gasteiger partial charge in [-0.1, -0.05) is 58.1 Å². The van der Waals surface area contributed by atoms with Crippen LogP contribution in [0.4, 0.5) is 0 Å². The van der Waals surface area contributed by atoms with Gasteiger partial charge in [-0.3, -0.25) is 9.59 Å². The Kier molecular flexibility index (Phi) is 13.1. The second-order valence-corrected chi connectivity index (χ2v) is 5.10. The number of rotatable bonds is 14. The molecule has 20 heavy (non-hydrogen) atoms. The molecule has 0 radical (unpaired) electrons. The molecule has 0 aromatic rings. The summed E-state index contributed by atoms with van der Waals surface area (Å²) in [6.07, 6.45) is 14.0. The molecule has 0 spiro atoms. The molecule has 0 fully saturated rings. The minimum Gasteiger partial charge on any atom is -0.353 e. The van der Waals surface area contributed by atoms with Crippen LogP contribution in [0.15, 0.2) is 25.3 Å². The summed E-state index contributed by atoms with van der Waals surface area (Å²) in [5.74, 6) is 0.0773. The van der Waals surface area contributed by atoms with E-state index in [9.17, 15) is 9.59 Å². The van der Waals surface area contributed by atoms with E-state index in [4.69, 9.17) is 0 Å². The second kappa shape index (κ2) is 14.0. The first-order valence-electron chi connectivity index (χ1n) is 7.76. The van der Waals surface area contributed by atoms with E-state index in [0.29, 0.717) is 6.42 Å². The zero-order valence-corrected chi connectivity index (χ0v) is 12.7. The molecule has 0 bridgehead atoms. The smallest absolute Gasteiger partial charge is 0.243 e. The lowest BCUT2D eigenvalue weighted by Crippen LogP contribution is -2.21. The third kappa shape index (κ3) is 13.1. The molecule has 1 amide bonds. The van der Waals surface area contributed by atoms with Gasteiger partial charge in [0, 0.05) is 13.0 Å². The highest BCUT2D eigenvalue weighted by atomic mass is 16.1. The minimum absolute atomic E-state index is 0.0834. The van der Waals surface area contributed by atoms with E-state index in [1.165, 1.54) is 50.7 Å². The van der Waals surface area contributed by atoms with Crippen LogP contribution in [0.5, 0.6) is 0 Å². The molecule has 0 heterocycles. The number of carbonyl (C=O) groups excluding carboxylic acids is 2. The molecule has 1 N–H and O–H groups in total. The summed E-state index contributed by atoms with van der Waals surface area (Å²) in [5, 5.41) is 2.78.